The Balaban J connectivity index is 1.96. The van der Waals surface area contributed by atoms with E-state index in [9.17, 15) is 9.59 Å². The van der Waals surface area contributed by atoms with Crippen molar-refractivity contribution >= 4 is 17.8 Å². The van der Waals surface area contributed by atoms with Gasteiger partial charge in [0.25, 0.3) is 0 Å². The standard InChI is InChI=1S/C9H12N4O3/c1-16-8(15)6-10-9(13-12-6)11-7(14)5-3-2-4-5/h5H,2-4H2,1H3,(H2,10,11,12,13,14). The predicted molar refractivity (Wildman–Crippen MR) is 53.7 cm³/mol. The van der Waals surface area contributed by atoms with Crippen molar-refractivity contribution in [3.63, 3.8) is 0 Å². The molecule has 1 saturated carbocycles. The second-order valence-electron chi connectivity index (χ2n) is 3.62. The van der Waals surface area contributed by atoms with Crippen LogP contribution in [-0.4, -0.2) is 34.2 Å². The van der Waals surface area contributed by atoms with Crippen molar-refractivity contribution in [1.29, 1.82) is 0 Å². The van der Waals surface area contributed by atoms with Gasteiger partial charge in [0.1, 0.15) is 0 Å². The zero-order valence-corrected chi connectivity index (χ0v) is 8.82. The maximum absolute atomic E-state index is 11.5. The lowest BCUT2D eigenvalue weighted by Gasteiger charge is -2.22. The summed E-state index contributed by atoms with van der Waals surface area (Å²) in [7, 11) is 1.25. The number of hydrogen-bond donors (Lipinski definition) is 2. The Bertz CT molecular complexity index is 411. The van der Waals surface area contributed by atoms with Crippen molar-refractivity contribution in [1.82, 2.24) is 15.2 Å². The summed E-state index contributed by atoms with van der Waals surface area (Å²) in [6.07, 6.45) is 2.89. The number of nitrogens with one attached hydrogen (secondary N) is 2. The lowest BCUT2D eigenvalue weighted by atomic mass is 9.85. The number of amides is 1. The Kier molecular flexibility index (Phi) is 2.84. The number of anilines is 1. The van der Waals surface area contributed by atoms with Crippen LogP contribution in [0.25, 0.3) is 0 Å². The molecule has 0 radical (unpaired) electrons. The van der Waals surface area contributed by atoms with Gasteiger partial charge in [0.15, 0.2) is 0 Å². The molecule has 7 heteroatoms. The molecular formula is C9H12N4O3. The minimum absolute atomic E-state index is 0.0218. The molecule has 1 aliphatic rings. The molecule has 0 aliphatic heterocycles. The predicted octanol–water partition coefficient (Wildman–Crippen LogP) is 0.330. The first-order valence-electron chi connectivity index (χ1n) is 5.02. The molecule has 1 aromatic rings. The fourth-order valence-corrected chi connectivity index (χ4v) is 1.39. The fourth-order valence-electron chi connectivity index (χ4n) is 1.39. The van der Waals surface area contributed by atoms with Gasteiger partial charge < -0.3 is 4.74 Å². The van der Waals surface area contributed by atoms with Gasteiger partial charge in [-0.2, -0.15) is 4.98 Å². The normalized spacial score (nSPS) is 15.3. The molecule has 0 aromatic carbocycles. The first-order chi connectivity index (χ1) is 7.70. The molecule has 1 heterocycles. The van der Waals surface area contributed by atoms with Crippen LogP contribution >= 0.6 is 0 Å². The molecule has 0 bridgehead atoms. The quantitative estimate of drug-likeness (QED) is 0.721. The zero-order chi connectivity index (χ0) is 11.5. The molecule has 0 saturated heterocycles. The van der Waals surface area contributed by atoms with Crippen LogP contribution in [0.5, 0.6) is 0 Å². The maximum atomic E-state index is 11.5. The molecule has 1 aliphatic carbocycles. The minimum Gasteiger partial charge on any atom is -0.463 e. The van der Waals surface area contributed by atoms with E-state index in [0.29, 0.717) is 0 Å². The molecule has 7 nitrogen and oxygen atoms in total. The highest BCUT2D eigenvalue weighted by Crippen LogP contribution is 2.27. The first-order valence-corrected chi connectivity index (χ1v) is 5.02. The van der Waals surface area contributed by atoms with E-state index >= 15 is 0 Å². The van der Waals surface area contributed by atoms with Crippen LogP contribution < -0.4 is 5.32 Å². The molecule has 1 aromatic heterocycles. The molecule has 16 heavy (non-hydrogen) atoms. The van der Waals surface area contributed by atoms with Crippen LogP contribution in [0, 0.1) is 5.92 Å². The summed E-state index contributed by atoms with van der Waals surface area (Å²) in [5, 5.41) is 8.63. The number of methoxy groups -OCH3 is 1. The lowest BCUT2D eigenvalue weighted by molar-refractivity contribution is -0.122. The Morgan fingerprint density at radius 3 is 2.81 bits per heavy atom. The molecule has 0 spiro atoms. The van der Waals surface area contributed by atoms with Gasteiger partial charge in [0.05, 0.1) is 7.11 Å². The van der Waals surface area contributed by atoms with Gasteiger partial charge in [0.2, 0.25) is 17.7 Å². The van der Waals surface area contributed by atoms with E-state index in [0.717, 1.165) is 19.3 Å². The highest BCUT2D eigenvalue weighted by molar-refractivity contribution is 5.92. The van der Waals surface area contributed by atoms with Crippen molar-refractivity contribution in [3.8, 4) is 0 Å². The molecule has 2 N–H and O–H groups in total. The van der Waals surface area contributed by atoms with E-state index < -0.39 is 5.97 Å². The minimum atomic E-state index is -0.614. The van der Waals surface area contributed by atoms with Gasteiger partial charge in [-0.3, -0.25) is 15.2 Å². The number of esters is 1. The Labute approximate surface area is 91.6 Å². The van der Waals surface area contributed by atoms with Crippen molar-refractivity contribution in [2.24, 2.45) is 5.92 Å². The summed E-state index contributed by atoms with van der Waals surface area (Å²) in [6, 6.07) is 0. The number of aromatic amines is 1. The number of hydrogen-bond acceptors (Lipinski definition) is 5. The Hall–Kier alpha value is -1.92. The van der Waals surface area contributed by atoms with E-state index in [2.05, 4.69) is 25.2 Å². The summed E-state index contributed by atoms with van der Waals surface area (Å²) in [5.41, 5.74) is 0. The number of nitrogens with zero attached hydrogens (tertiary/aromatic N) is 2. The second-order valence-corrected chi connectivity index (χ2v) is 3.62. The SMILES string of the molecule is COC(=O)c1nc(NC(=O)C2CCC2)n[nH]1. The number of H-pyrrole nitrogens is 1. The molecule has 2 rings (SSSR count). The van der Waals surface area contributed by atoms with Crippen molar-refractivity contribution in [3.05, 3.63) is 5.82 Å². The number of carbonyl (C=O) groups excluding carboxylic acids is 2. The van der Waals surface area contributed by atoms with Gasteiger partial charge >= 0.3 is 5.97 Å². The van der Waals surface area contributed by atoms with Crippen LogP contribution in [0.4, 0.5) is 5.95 Å². The third-order valence-corrected chi connectivity index (χ3v) is 2.58. The number of rotatable bonds is 3. The van der Waals surface area contributed by atoms with E-state index in [1.807, 2.05) is 0 Å². The van der Waals surface area contributed by atoms with Crippen molar-refractivity contribution < 1.29 is 14.3 Å². The largest absolute Gasteiger partial charge is 0.463 e. The first kappa shape index (κ1) is 10.6. The number of aromatic nitrogens is 3. The van der Waals surface area contributed by atoms with E-state index in [4.69, 9.17) is 0 Å². The highest BCUT2D eigenvalue weighted by atomic mass is 16.5. The topological polar surface area (TPSA) is 97.0 Å². The number of ether oxygens (including phenoxy) is 1. The highest BCUT2D eigenvalue weighted by Gasteiger charge is 2.26. The summed E-state index contributed by atoms with van der Waals surface area (Å²) in [5.74, 6) is -0.568. The summed E-state index contributed by atoms with van der Waals surface area (Å²) >= 11 is 0. The Morgan fingerprint density at radius 1 is 1.50 bits per heavy atom. The maximum Gasteiger partial charge on any atom is 0.375 e. The fraction of sp³-hybridized carbons (Fsp3) is 0.556. The second kappa shape index (κ2) is 4.30. The smallest absolute Gasteiger partial charge is 0.375 e. The summed E-state index contributed by atoms with van der Waals surface area (Å²) in [6.45, 7) is 0. The molecule has 0 unspecified atom stereocenters. The monoisotopic (exact) mass is 224 g/mol. The van der Waals surface area contributed by atoms with Crippen LogP contribution in [-0.2, 0) is 9.53 Å². The third-order valence-electron chi connectivity index (χ3n) is 2.58. The van der Waals surface area contributed by atoms with Gasteiger partial charge in [-0.1, -0.05) is 6.42 Å². The van der Waals surface area contributed by atoms with Gasteiger partial charge in [-0.25, -0.2) is 4.79 Å². The molecule has 86 valence electrons. The van der Waals surface area contributed by atoms with Crippen LogP contribution in [0.1, 0.15) is 29.9 Å². The molecule has 1 fully saturated rings. The van der Waals surface area contributed by atoms with E-state index in [1.165, 1.54) is 7.11 Å². The van der Waals surface area contributed by atoms with Crippen molar-refractivity contribution in [2.75, 3.05) is 12.4 Å². The van der Waals surface area contributed by atoms with E-state index in [1.54, 1.807) is 0 Å². The number of carbonyl (C=O) groups is 2. The molecule has 0 atom stereocenters. The summed E-state index contributed by atoms with van der Waals surface area (Å²) in [4.78, 5) is 26.4. The zero-order valence-electron chi connectivity index (χ0n) is 8.82. The average Bonchev–Trinajstić information content (AvgIpc) is 2.62. The van der Waals surface area contributed by atoms with Gasteiger partial charge in [-0.05, 0) is 12.8 Å². The van der Waals surface area contributed by atoms with Crippen molar-refractivity contribution in [2.45, 2.75) is 19.3 Å². The van der Waals surface area contributed by atoms with Gasteiger partial charge in [-0.15, -0.1) is 5.10 Å². The van der Waals surface area contributed by atoms with Gasteiger partial charge in [0, 0.05) is 5.92 Å². The Morgan fingerprint density at radius 2 is 2.25 bits per heavy atom. The molecule has 1 amide bonds. The molecular weight excluding hydrogens is 212 g/mol. The third kappa shape index (κ3) is 2.02. The van der Waals surface area contributed by atoms with Crippen LogP contribution in [0.3, 0.4) is 0 Å². The average molecular weight is 224 g/mol. The lowest BCUT2D eigenvalue weighted by Crippen LogP contribution is -2.28. The summed E-state index contributed by atoms with van der Waals surface area (Å²) < 4.78 is 4.45. The van der Waals surface area contributed by atoms with Crippen LogP contribution in [0.15, 0.2) is 0 Å². The van der Waals surface area contributed by atoms with E-state index in [-0.39, 0.29) is 23.6 Å². The van der Waals surface area contributed by atoms with Crippen LogP contribution in [0.2, 0.25) is 0 Å².